The zero-order valence-electron chi connectivity index (χ0n) is 14.6. The highest BCUT2D eigenvalue weighted by Crippen LogP contribution is 2.26. The highest BCUT2D eigenvalue weighted by molar-refractivity contribution is 5.54. The van der Waals surface area contributed by atoms with Gasteiger partial charge >= 0.3 is 0 Å². The highest BCUT2D eigenvalue weighted by Gasteiger charge is 2.24. The van der Waals surface area contributed by atoms with Crippen molar-refractivity contribution in [1.29, 1.82) is 0 Å². The van der Waals surface area contributed by atoms with E-state index >= 15 is 0 Å². The molecule has 2 aliphatic rings. The van der Waals surface area contributed by atoms with Crippen LogP contribution in [0, 0.1) is 0 Å². The van der Waals surface area contributed by atoms with Crippen LogP contribution in [0.4, 0.5) is 21.7 Å². The van der Waals surface area contributed by atoms with Gasteiger partial charge in [-0.15, -0.1) is 0 Å². The molecule has 2 aliphatic heterocycles. The molecule has 3 heterocycles. The second-order valence-electron chi connectivity index (χ2n) is 6.41. The van der Waals surface area contributed by atoms with Crippen LogP contribution in [0.25, 0.3) is 0 Å². The number of hydrogen-bond acceptors (Lipinski definition) is 6. The maximum atomic E-state index is 14.4. The minimum atomic E-state index is -0.108. The Bertz CT molecular complexity index is 769. The fourth-order valence-corrected chi connectivity index (χ4v) is 3.11. The quantitative estimate of drug-likeness (QED) is 0.889. The van der Waals surface area contributed by atoms with Crippen molar-refractivity contribution in [2.24, 2.45) is 0 Å². The first-order valence-electron chi connectivity index (χ1n) is 8.84. The number of para-hydroxylation sites is 1. The zero-order chi connectivity index (χ0) is 17.8. The van der Waals surface area contributed by atoms with Crippen LogP contribution in [0.5, 0.6) is 0 Å². The number of aromatic nitrogens is 2. The molecule has 0 saturated carbocycles. The number of rotatable bonds is 5. The van der Waals surface area contributed by atoms with Gasteiger partial charge in [0.15, 0.2) is 0 Å². The van der Waals surface area contributed by atoms with Crippen LogP contribution < -0.4 is 15.1 Å². The summed E-state index contributed by atoms with van der Waals surface area (Å²) in [4.78, 5) is 12.8. The lowest BCUT2D eigenvalue weighted by atomic mass is 10.1. The first-order chi connectivity index (χ1) is 12.8. The third kappa shape index (κ3) is 3.77. The minimum Gasteiger partial charge on any atom is -0.378 e. The molecule has 2 fully saturated rings. The van der Waals surface area contributed by atoms with E-state index in [0.29, 0.717) is 32.1 Å². The summed E-state index contributed by atoms with van der Waals surface area (Å²) in [6.45, 7) is 4.45. The Morgan fingerprint density at radius 2 is 1.85 bits per heavy atom. The van der Waals surface area contributed by atoms with Gasteiger partial charge in [0.05, 0.1) is 19.8 Å². The molecular weight excluding hydrogens is 333 g/mol. The SMILES string of the molecule is FC(CNc1cc(N2CCOCC2)ncn1)=C1CN(c2ccccc2)C1. The number of anilines is 3. The lowest BCUT2D eigenvalue weighted by Crippen LogP contribution is -2.41. The molecule has 0 radical (unpaired) electrons. The van der Waals surface area contributed by atoms with Gasteiger partial charge in [0.2, 0.25) is 0 Å². The van der Waals surface area contributed by atoms with E-state index in [4.69, 9.17) is 4.74 Å². The van der Waals surface area contributed by atoms with Gasteiger partial charge in [-0.25, -0.2) is 14.4 Å². The summed E-state index contributed by atoms with van der Waals surface area (Å²) < 4.78 is 19.8. The molecule has 1 aromatic carbocycles. The molecule has 0 aliphatic carbocycles. The predicted molar refractivity (Wildman–Crippen MR) is 100 cm³/mol. The first-order valence-corrected chi connectivity index (χ1v) is 8.84. The number of halogens is 1. The molecule has 2 saturated heterocycles. The maximum Gasteiger partial charge on any atom is 0.134 e. The molecule has 0 atom stereocenters. The Kier molecular flexibility index (Phi) is 4.97. The normalized spacial score (nSPS) is 17.0. The third-order valence-electron chi connectivity index (χ3n) is 4.68. The van der Waals surface area contributed by atoms with Crippen molar-refractivity contribution >= 4 is 17.3 Å². The van der Waals surface area contributed by atoms with Crippen molar-refractivity contribution < 1.29 is 9.13 Å². The van der Waals surface area contributed by atoms with Gasteiger partial charge in [-0.2, -0.15) is 0 Å². The molecule has 0 unspecified atom stereocenters. The van der Waals surface area contributed by atoms with Crippen LogP contribution >= 0.6 is 0 Å². The second kappa shape index (κ2) is 7.70. The van der Waals surface area contributed by atoms with E-state index < -0.39 is 0 Å². The van der Waals surface area contributed by atoms with Gasteiger partial charge in [0.25, 0.3) is 0 Å². The topological polar surface area (TPSA) is 53.5 Å². The summed E-state index contributed by atoms with van der Waals surface area (Å²) in [5.74, 6) is 1.37. The molecule has 1 N–H and O–H groups in total. The minimum absolute atomic E-state index is 0.108. The summed E-state index contributed by atoms with van der Waals surface area (Å²) in [5.41, 5.74) is 1.96. The zero-order valence-corrected chi connectivity index (χ0v) is 14.6. The highest BCUT2D eigenvalue weighted by atomic mass is 19.1. The lowest BCUT2D eigenvalue weighted by molar-refractivity contribution is 0.122. The summed E-state index contributed by atoms with van der Waals surface area (Å²) in [7, 11) is 0. The largest absolute Gasteiger partial charge is 0.378 e. The summed E-state index contributed by atoms with van der Waals surface area (Å²) in [5, 5.41) is 3.07. The molecule has 1 aromatic heterocycles. The number of ether oxygens (including phenoxy) is 1. The van der Waals surface area contributed by atoms with Gasteiger partial charge in [0.1, 0.15) is 23.8 Å². The average molecular weight is 355 g/mol. The van der Waals surface area contributed by atoms with Crippen molar-refractivity contribution in [3.8, 4) is 0 Å². The number of nitrogens with one attached hydrogen (secondary N) is 1. The summed E-state index contributed by atoms with van der Waals surface area (Å²) in [6, 6.07) is 11.9. The molecule has 7 heteroatoms. The van der Waals surface area contributed by atoms with Crippen LogP contribution in [-0.2, 0) is 4.74 Å². The fourth-order valence-electron chi connectivity index (χ4n) is 3.11. The molecule has 0 amide bonds. The van der Waals surface area contributed by atoms with E-state index in [1.54, 1.807) is 0 Å². The lowest BCUT2D eigenvalue weighted by Gasteiger charge is -2.36. The number of morpholine rings is 1. The molecule has 6 nitrogen and oxygen atoms in total. The van der Waals surface area contributed by atoms with E-state index in [-0.39, 0.29) is 12.4 Å². The Morgan fingerprint density at radius 3 is 2.62 bits per heavy atom. The standard InChI is InChI=1S/C19H22FN5O/c20-17(15-12-25(13-15)16-4-2-1-3-5-16)11-21-18-10-19(23-14-22-18)24-6-8-26-9-7-24/h1-5,10,14H,6-9,11-13H2,(H,21,22,23). The predicted octanol–water partition coefficient (Wildman–Crippen LogP) is 2.47. The molecule has 26 heavy (non-hydrogen) atoms. The van der Waals surface area contributed by atoms with Gasteiger partial charge < -0.3 is 19.9 Å². The molecular formula is C19H22FN5O. The van der Waals surface area contributed by atoms with Crippen LogP contribution in [0.2, 0.25) is 0 Å². The van der Waals surface area contributed by atoms with Gasteiger partial charge in [-0.05, 0) is 12.1 Å². The van der Waals surface area contributed by atoms with E-state index in [0.717, 1.165) is 30.2 Å². The van der Waals surface area contributed by atoms with Crippen LogP contribution in [0.3, 0.4) is 0 Å². The Labute approximate surface area is 152 Å². The smallest absolute Gasteiger partial charge is 0.134 e. The maximum absolute atomic E-state index is 14.4. The Balaban J connectivity index is 1.33. The molecule has 136 valence electrons. The first kappa shape index (κ1) is 16.8. The van der Waals surface area contributed by atoms with E-state index in [9.17, 15) is 4.39 Å². The molecule has 4 rings (SSSR count). The number of hydrogen-bond donors (Lipinski definition) is 1. The molecule has 0 spiro atoms. The second-order valence-corrected chi connectivity index (χ2v) is 6.41. The van der Waals surface area contributed by atoms with Crippen molar-refractivity contribution in [2.45, 2.75) is 0 Å². The average Bonchev–Trinajstić information content (AvgIpc) is 2.67. The Hall–Kier alpha value is -2.67. The monoisotopic (exact) mass is 355 g/mol. The Morgan fingerprint density at radius 1 is 1.08 bits per heavy atom. The van der Waals surface area contributed by atoms with E-state index in [1.807, 2.05) is 36.4 Å². The van der Waals surface area contributed by atoms with Crippen LogP contribution in [0.15, 0.2) is 54.1 Å². The molecule has 0 bridgehead atoms. The van der Waals surface area contributed by atoms with Gasteiger partial charge in [-0.3, -0.25) is 0 Å². The van der Waals surface area contributed by atoms with Crippen molar-refractivity contribution in [2.75, 3.05) is 61.1 Å². The summed E-state index contributed by atoms with van der Waals surface area (Å²) in [6.07, 6.45) is 1.51. The molecule has 2 aromatic rings. The van der Waals surface area contributed by atoms with Crippen LogP contribution in [-0.4, -0.2) is 55.9 Å². The fraction of sp³-hybridized carbons (Fsp3) is 0.368. The van der Waals surface area contributed by atoms with E-state index in [1.165, 1.54) is 6.33 Å². The van der Waals surface area contributed by atoms with Crippen molar-refractivity contribution in [3.63, 3.8) is 0 Å². The van der Waals surface area contributed by atoms with Gasteiger partial charge in [0, 0.05) is 43.5 Å². The van der Waals surface area contributed by atoms with Crippen LogP contribution in [0.1, 0.15) is 0 Å². The van der Waals surface area contributed by atoms with E-state index in [2.05, 4.69) is 25.1 Å². The number of nitrogens with zero attached hydrogens (tertiary/aromatic N) is 4. The van der Waals surface area contributed by atoms with Gasteiger partial charge in [-0.1, -0.05) is 18.2 Å². The van der Waals surface area contributed by atoms with Crippen molar-refractivity contribution in [1.82, 2.24) is 9.97 Å². The number of benzene rings is 1. The third-order valence-corrected chi connectivity index (χ3v) is 4.68. The summed E-state index contributed by atoms with van der Waals surface area (Å²) >= 11 is 0. The van der Waals surface area contributed by atoms with Crippen molar-refractivity contribution in [3.05, 3.63) is 54.1 Å².